The van der Waals surface area contributed by atoms with E-state index >= 15 is 0 Å². The summed E-state index contributed by atoms with van der Waals surface area (Å²) in [6.07, 6.45) is 1.66. The van der Waals surface area contributed by atoms with Gasteiger partial charge in [-0.05, 0) is 66.9 Å². The zero-order valence-corrected chi connectivity index (χ0v) is 15.3. The van der Waals surface area contributed by atoms with Crippen molar-refractivity contribution in [1.29, 1.82) is 0 Å². The molecule has 0 heterocycles. The second kappa shape index (κ2) is 8.73. The highest BCUT2D eigenvalue weighted by Gasteiger charge is 2.09. The number of hydrogen-bond donors (Lipinski definition) is 0. The molecule has 0 spiro atoms. The number of halogens is 3. The number of aryl methyl sites for hydroxylation is 1. The van der Waals surface area contributed by atoms with Crippen molar-refractivity contribution in [2.24, 2.45) is 4.99 Å². The molecule has 0 aliphatic heterocycles. The largest absolute Gasteiger partial charge is 0.248 e. The molecule has 0 amide bonds. The highest BCUT2D eigenvalue weighted by Crippen LogP contribution is 2.22. The molecule has 0 fully saturated rings. The molecule has 0 aliphatic rings. The molecule has 0 saturated carbocycles. The molecule has 3 aromatic rings. The Morgan fingerprint density at radius 2 is 1.52 bits per heavy atom. The molecular weight excluding hydrogens is 367 g/mol. The summed E-state index contributed by atoms with van der Waals surface area (Å²) in [6.45, 7) is 1.97. The first-order valence-electron chi connectivity index (χ1n) is 8.21. The van der Waals surface area contributed by atoms with Gasteiger partial charge in [0.15, 0.2) is 0 Å². The van der Waals surface area contributed by atoms with Crippen molar-refractivity contribution in [1.82, 2.24) is 0 Å². The highest BCUT2D eigenvalue weighted by molar-refractivity contribution is 8.02. The van der Waals surface area contributed by atoms with Gasteiger partial charge < -0.3 is 0 Å². The van der Waals surface area contributed by atoms with Crippen LogP contribution in [0.3, 0.4) is 0 Å². The molecule has 1 nitrogen and oxygen atoms in total. The normalized spacial score (nSPS) is 11.9. The Morgan fingerprint density at radius 1 is 0.852 bits per heavy atom. The summed E-state index contributed by atoms with van der Waals surface area (Å²) < 4.78 is 40.5. The molecule has 3 aromatic carbocycles. The maximum Gasteiger partial charge on any atom is 0.135 e. The molecule has 0 N–H and O–H groups in total. The van der Waals surface area contributed by atoms with Gasteiger partial charge in [0.05, 0.1) is 11.4 Å². The molecule has 27 heavy (non-hydrogen) atoms. The lowest BCUT2D eigenvalue weighted by atomic mass is 10.1. The number of hydrogen-bond acceptors (Lipinski definition) is 2. The van der Waals surface area contributed by atoms with Crippen molar-refractivity contribution in [2.45, 2.75) is 11.8 Å². The van der Waals surface area contributed by atoms with Crippen molar-refractivity contribution in [3.8, 4) is 0 Å². The molecule has 5 heteroatoms. The fourth-order valence-corrected chi connectivity index (χ4v) is 2.98. The summed E-state index contributed by atoms with van der Waals surface area (Å²) >= 11 is 1.35. The van der Waals surface area contributed by atoms with Crippen LogP contribution in [0.2, 0.25) is 0 Å². The van der Waals surface area contributed by atoms with Crippen molar-refractivity contribution in [3.63, 3.8) is 0 Å². The third kappa shape index (κ3) is 5.34. The van der Waals surface area contributed by atoms with Gasteiger partial charge in [-0.25, -0.2) is 18.2 Å². The van der Waals surface area contributed by atoms with Gasteiger partial charge in [-0.15, -0.1) is 0 Å². The van der Waals surface area contributed by atoms with Gasteiger partial charge in [-0.2, -0.15) is 0 Å². The van der Waals surface area contributed by atoms with Crippen molar-refractivity contribution in [2.75, 3.05) is 0 Å². The Morgan fingerprint density at radius 3 is 2.19 bits per heavy atom. The molecule has 0 radical (unpaired) electrons. The van der Waals surface area contributed by atoms with Gasteiger partial charge in [-0.1, -0.05) is 29.5 Å². The van der Waals surface area contributed by atoms with Gasteiger partial charge in [0.1, 0.15) is 17.5 Å². The summed E-state index contributed by atoms with van der Waals surface area (Å²) in [7, 11) is 0. The summed E-state index contributed by atoms with van der Waals surface area (Å²) in [5, 5.41) is 1.74. The van der Waals surface area contributed by atoms with Gasteiger partial charge in [-0.3, -0.25) is 0 Å². The van der Waals surface area contributed by atoms with E-state index in [0.717, 1.165) is 16.5 Å². The Kier molecular flexibility index (Phi) is 6.14. The summed E-state index contributed by atoms with van der Waals surface area (Å²) in [5.74, 6) is -1.63. The Hall–Kier alpha value is -2.79. The van der Waals surface area contributed by atoms with E-state index < -0.39 is 11.6 Å². The predicted molar refractivity (Wildman–Crippen MR) is 105 cm³/mol. The lowest BCUT2D eigenvalue weighted by molar-refractivity contribution is 0.582. The standard InChI is InChI=1S/C22H16F3NS/c1-15-2-7-18(8-3-15)26-22(20-11-6-17(24)14-21(20)25)12-13-27-19-9-4-16(23)5-10-19/h2-14H,1H3. The summed E-state index contributed by atoms with van der Waals surface area (Å²) in [4.78, 5) is 5.33. The highest BCUT2D eigenvalue weighted by atomic mass is 32.2. The van der Waals surface area contributed by atoms with E-state index in [1.54, 1.807) is 23.6 Å². The molecule has 0 bridgehead atoms. The lowest BCUT2D eigenvalue weighted by Gasteiger charge is -2.05. The average Bonchev–Trinajstić information content (AvgIpc) is 2.64. The van der Waals surface area contributed by atoms with Crippen LogP contribution in [0.1, 0.15) is 11.1 Å². The number of thioether (sulfide) groups is 1. The van der Waals surface area contributed by atoms with Gasteiger partial charge in [0, 0.05) is 16.5 Å². The van der Waals surface area contributed by atoms with Gasteiger partial charge in [0.25, 0.3) is 0 Å². The van der Waals surface area contributed by atoms with Crippen LogP contribution in [0.4, 0.5) is 18.9 Å². The minimum absolute atomic E-state index is 0.202. The average molecular weight is 383 g/mol. The van der Waals surface area contributed by atoms with Crippen molar-refractivity contribution < 1.29 is 13.2 Å². The van der Waals surface area contributed by atoms with Crippen molar-refractivity contribution >= 4 is 23.2 Å². The van der Waals surface area contributed by atoms with Crippen LogP contribution < -0.4 is 0 Å². The van der Waals surface area contributed by atoms with Crippen LogP contribution in [-0.4, -0.2) is 5.71 Å². The first kappa shape index (κ1) is 19.0. The molecule has 136 valence electrons. The quantitative estimate of drug-likeness (QED) is 0.347. The maximum atomic E-state index is 14.3. The first-order chi connectivity index (χ1) is 13.0. The van der Waals surface area contributed by atoms with E-state index in [-0.39, 0.29) is 11.4 Å². The lowest BCUT2D eigenvalue weighted by Crippen LogP contribution is -2.01. The number of aliphatic imine (C=N–C) groups is 1. The topological polar surface area (TPSA) is 12.4 Å². The van der Waals surface area contributed by atoms with Crippen molar-refractivity contribution in [3.05, 3.63) is 107 Å². The molecule has 0 unspecified atom stereocenters. The van der Waals surface area contributed by atoms with E-state index in [9.17, 15) is 13.2 Å². The second-order valence-electron chi connectivity index (χ2n) is 5.83. The first-order valence-corrected chi connectivity index (χ1v) is 9.09. The van der Waals surface area contributed by atoms with Gasteiger partial charge >= 0.3 is 0 Å². The fraction of sp³-hybridized carbons (Fsp3) is 0.0455. The van der Waals surface area contributed by atoms with Gasteiger partial charge in [0.2, 0.25) is 0 Å². The SMILES string of the molecule is Cc1ccc(N=C(C=CSc2ccc(F)cc2)c2ccc(F)cc2F)cc1. The second-order valence-corrected chi connectivity index (χ2v) is 6.81. The Balaban J connectivity index is 1.92. The molecule has 0 aromatic heterocycles. The Labute approximate surface area is 160 Å². The molecule has 0 saturated heterocycles. The van der Waals surface area contributed by atoms with E-state index in [0.29, 0.717) is 11.4 Å². The van der Waals surface area contributed by atoms with Crippen LogP contribution in [-0.2, 0) is 0 Å². The third-order valence-corrected chi connectivity index (χ3v) is 4.55. The fourth-order valence-electron chi connectivity index (χ4n) is 2.33. The van der Waals surface area contributed by atoms with E-state index in [4.69, 9.17) is 0 Å². The number of nitrogens with zero attached hydrogens (tertiary/aromatic N) is 1. The van der Waals surface area contributed by atoms with Crippen LogP contribution in [0.25, 0.3) is 0 Å². The number of rotatable bonds is 5. The third-order valence-electron chi connectivity index (χ3n) is 3.73. The molecule has 3 rings (SSSR count). The number of benzene rings is 3. The zero-order chi connectivity index (χ0) is 19.2. The molecule has 0 atom stereocenters. The van der Waals surface area contributed by atoms with E-state index in [2.05, 4.69) is 4.99 Å². The molecule has 0 aliphatic carbocycles. The van der Waals surface area contributed by atoms with Crippen LogP contribution in [0, 0.1) is 24.4 Å². The number of allylic oxidation sites excluding steroid dienone is 1. The van der Waals surface area contributed by atoms with E-state index in [1.807, 2.05) is 31.2 Å². The van der Waals surface area contributed by atoms with E-state index in [1.165, 1.54) is 36.0 Å². The Bertz CT molecular complexity index is 977. The smallest absolute Gasteiger partial charge is 0.135 e. The monoisotopic (exact) mass is 383 g/mol. The summed E-state index contributed by atoms with van der Waals surface area (Å²) in [5.41, 5.74) is 2.32. The van der Waals surface area contributed by atoms with Crippen LogP contribution in [0.5, 0.6) is 0 Å². The zero-order valence-electron chi connectivity index (χ0n) is 14.5. The minimum atomic E-state index is -0.683. The minimum Gasteiger partial charge on any atom is -0.248 e. The van der Waals surface area contributed by atoms with Crippen LogP contribution in [0.15, 0.2) is 88.1 Å². The predicted octanol–water partition coefficient (Wildman–Crippen LogP) is 6.84. The maximum absolute atomic E-state index is 14.3. The molecular formula is C22H16F3NS. The van der Waals surface area contributed by atoms with Crippen LogP contribution >= 0.6 is 11.8 Å². The summed E-state index contributed by atoms with van der Waals surface area (Å²) in [6, 6.07) is 16.9.